The smallest absolute Gasteiger partial charge is 0.230 e. The van der Waals surface area contributed by atoms with Crippen molar-refractivity contribution in [3.63, 3.8) is 0 Å². The minimum Gasteiger partial charge on any atom is -0.230 e. The normalized spacial score (nSPS) is 12.0. The topological polar surface area (TPSA) is 51.0 Å². The highest BCUT2D eigenvalue weighted by Crippen LogP contribution is 2.32. The van der Waals surface area contributed by atoms with Crippen LogP contribution in [0.2, 0.25) is 5.02 Å². The van der Waals surface area contributed by atoms with Crippen molar-refractivity contribution in [1.29, 1.82) is 0 Å². The van der Waals surface area contributed by atoms with Crippen molar-refractivity contribution in [2.24, 2.45) is 4.99 Å². The Bertz CT molecular complexity index is 1040. The van der Waals surface area contributed by atoms with Crippen LogP contribution < -0.4 is 0 Å². The molecule has 0 N–H and O–H groups in total. The molecular weight excluding hydrogens is 404 g/mol. The number of rotatable bonds is 5. The number of para-hydroxylation sites is 1. The fourth-order valence-electron chi connectivity index (χ4n) is 2.28. The van der Waals surface area contributed by atoms with E-state index < -0.39 is 0 Å². The summed E-state index contributed by atoms with van der Waals surface area (Å²) in [6, 6.07) is 15.8. The van der Waals surface area contributed by atoms with E-state index in [-0.39, 0.29) is 0 Å². The van der Waals surface area contributed by atoms with E-state index in [1.54, 1.807) is 23.1 Å². The van der Waals surface area contributed by atoms with E-state index in [4.69, 9.17) is 11.6 Å². The predicted molar refractivity (Wildman–Crippen MR) is 112 cm³/mol. The summed E-state index contributed by atoms with van der Waals surface area (Å²) in [5.74, 6) is 0.743. The third kappa shape index (κ3) is 4.12. The highest BCUT2D eigenvalue weighted by Gasteiger charge is 2.08. The SMILES string of the molecule is C/C(=N\c1nnc(CSc2nc3ccccc3s2)s1)c1ccc(Cl)cc1. The number of thioether (sulfide) groups is 1. The summed E-state index contributed by atoms with van der Waals surface area (Å²) in [5.41, 5.74) is 2.96. The number of fused-ring (bicyclic) bond motifs is 1. The van der Waals surface area contributed by atoms with Crippen LogP contribution in [0.15, 0.2) is 57.9 Å². The van der Waals surface area contributed by atoms with E-state index in [0.717, 1.165) is 31.9 Å². The molecule has 2 heterocycles. The van der Waals surface area contributed by atoms with E-state index in [1.807, 2.05) is 49.4 Å². The number of aliphatic imine (C=N–C) groups is 1. The Balaban J connectivity index is 1.44. The van der Waals surface area contributed by atoms with Gasteiger partial charge in [0.15, 0.2) is 4.34 Å². The van der Waals surface area contributed by atoms with Gasteiger partial charge >= 0.3 is 0 Å². The van der Waals surface area contributed by atoms with Crippen molar-refractivity contribution in [3.8, 4) is 0 Å². The molecule has 0 aliphatic heterocycles. The zero-order valence-electron chi connectivity index (χ0n) is 13.7. The highest BCUT2D eigenvalue weighted by atomic mass is 35.5. The Kier molecular flexibility index (Phi) is 5.31. The fourth-order valence-corrected chi connectivity index (χ4v) is 5.23. The second kappa shape index (κ2) is 7.84. The Morgan fingerprint density at radius 2 is 1.88 bits per heavy atom. The van der Waals surface area contributed by atoms with E-state index >= 15 is 0 Å². The molecular formula is C18H13ClN4S3. The first-order chi connectivity index (χ1) is 12.7. The van der Waals surface area contributed by atoms with Crippen LogP contribution in [0.5, 0.6) is 0 Å². The van der Waals surface area contributed by atoms with Gasteiger partial charge in [-0.1, -0.05) is 59.0 Å². The molecule has 0 atom stereocenters. The third-order valence-corrected chi connectivity index (χ3v) is 7.02. The van der Waals surface area contributed by atoms with Crippen molar-refractivity contribution in [3.05, 3.63) is 64.1 Å². The minimum atomic E-state index is 0.664. The molecule has 0 unspecified atom stereocenters. The molecule has 2 aromatic carbocycles. The number of benzene rings is 2. The molecule has 8 heteroatoms. The van der Waals surface area contributed by atoms with Crippen LogP contribution >= 0.6 is 46.0 Å². The van der Waals surface area contributed by atoms with Gasteiger partial charge in [-0.3, -0.25) is 0 Å². The van der Waals surface area contributed by atoms with Crippen LogP contribution in [0.1, 0.15) is 17.5 Å². The van der Waals surface area contributed by atoms with Crippen LogP contribution in [-0.4, -0.2) is 20.9 Å². The van der Waals surface area contributed by atoms with Crippen LogP contribution in [0, 0.1) is 0 Å². The molecule has 4 aromatic rings. The van der Waals surface area contributed by atoms with Gasteiger partial charge in [0.25, 0.3) is 0 Å². The lowest BCUT2D eigenvalue weighted by molar-refractivity contribution is 1.03. The van der Waals surface area contributed by atoms with Gasteiger partial charge in [-0.05, 0) is 36.8 Å². The summed E-state index contributed by atoms with van der Waals surface area (Å²) in [4.78, 5) is 9.19. The maximum absolute atomic E-state index is 5.92. The molecule has 2 aromatic heterocycles. The molecule has 0 aliphatic carbocycles. The maximum Gasteiger partial charge on any atom is 0.231 e. The lowest BCUT2D eigenvalue weighted by atomic mass is 10.1. The van der Waals surface area contributed by atoms with Gasteiger partial charge in [0, 0.05) is 10.7 Å². The summed E-state index contributed by atoms with van der Waals surface area (Å²) >= 11 is 10.8. The summed E-state index contributed by atoms with van der Waals surface area (Å²) in [7, 11) is 0. The van der Waals surface area contributed by atoms with Gasteiger partial charge in [0.2, 0.25) is 5.13 Å². The van der Waals surface area contributed by atoms with Crippen molar-refractivity contribution in [1.82, 2.24) is 15.2 Å². The van der Waals surface area contributed by atoms with Gasteiger partial charge in [-0.2, -0.15) is 0 Å². The number of aromatic nitrogens is 3. The highest BCUT2D eigenvalue weighted by molar-refractivity contribution is 8.00. The number of hydrogen-bond donors (Lipinski definition) is 0. The van der Waals surface area contributed by atoms with Gasteiger partial charge in [0.05, 0.1) is 16.0 Å². The summed E-state index contributed by atoms with van der Waals surface area (Å²) in [5, 5.41) is 10.7. The zero-order chi connectivity index (χ0) is 17.9. The summed E-state index contributed by atoms with van der Waals surface area (Å²) in [6.07, 6.45) is 0. The summed E-state index contributed by atoms with van der Waals surface area (Å²) < 4.78 is 2.25. The van der Waals surface area contributed by atoms with Crippen molar-refractivity contribution < 1.29 is 0 Å². The number of hydrogen-bond acceptors (Lipinski definition) is 7. The quantitative estimate of drug-likeness (QED) is 0.285. The first-order valence-electron chi connectivity index (χ1n) is 7.79. The molecule has 130 valence electrons. The number of thiazole rings is 1. The first-order valence-corrected chi connectivity index (χ1v) is 10.8. The van der Waals surface area contributed by atoms with Crippen LogP contribution in [0.25, 0.3) is 10.2 Å². The second-order valence-corrected chi connectivity index (χ2v) is 9.15. The molecule has 4 nitrogen and oxygen atoms in total. The lowest BCUT2D eigenvalue weighted by Crippen LogP contribution is -1.92. The van der Waals surface area contributed by atoms with Gasteiger partial charge in [-0.25, -0.2) is 9.98 Å². The zero-order valence-corrected chi connectivity index (χ0v) is 16.9. The molecule has 0 bridgehead atoms. The van der Waals surface area contributed by atoms with Crippen LogP contribution in [0.4, 0.5) is 5.13 Å². The molecule has 0 radical (unpaired) electrons. The third-order valence-electron chi connectivity index (χ3n) is 3.57. The molecule has 0 aliphatic rings. The van der Waals surface area contributed by atoms with Gasteiger partial charge < -0.3 is 0 Å². The molecule has 0 saturated carbocycles. The lowest BCUT2D eigenvalue weighted by Gasteiger charge is -1.99. The molecule has 0 fully saturated rings. The average molecular weight is 417 g/mol. The largest absolute Gasteiger partial charge is 0.231 e. The second-order valence-electron chi connectivity index (χ2n) is 5.42. The van der Waals surface area contributed by atoms with E-state index in [2.05, 4.69) is 26.2 Å². The summed E-state index contributed by atoms with van der Waals surface area (Å²) in [6.45, 7) is 1.96. The van der Waals surface area contributed by atoms with E-state index in [1.165, 1.54) is 16.0 Å². The Morgan fingerprint density at radius 3 is 2.69 bits per heavy atom. The average Bonchev–Trinajstić information content (AvgIpc) is 3.26. The van der Waals surface area contributed by atoms with Crippen molar-refractivity contribution >= 4 is 67.1 Å². The standard InChI is InChI=1S/C18H13ClN4S3/c1-11(12-6-8-13(19)9-7-12)20-17-23-22-16(26-17)10-24-18-21-14-4-2-3-5-15(14)25-18/h2-9H,10H2,1H3/b20-11+. The molecule has 0 amide bonds. The number of halogens is 1. The van der Waals surface area contributed by atoms with E-state index in [9.17, 15) is 0 Å². The monoisotopic (exact) mass is 416 g/mol. The molecule has 0 spiro atoms. The molecule has 0 saturated heterocycles. The molecule has 26 heavy (non-hydrogen) atoms. The maximum atomic E-state index is 5.92. The Labute approximate surface area is 168 Å². The molecule has 4 rings (SSSR count). The number of nitrogens with zero attached hydrogens (tertiary/aromatic N) is 4. The van der Waals surface area contributed by atoms with Crippen molar-refractivity contribution in [2.75, 3.05) is 0 Å². The van der Waals surface area contributed by atoms with E-state index in [0.29, 0.717) is 10.2 Å². The minimum absolute atomic E-state index is 0.664. The Hall–Kier alpha value is -1.80. The van der Waals surface area contributed by atoms with Crippen LogP contribution in [0.3, 0.4) is 0 Å². The van der Waals surface area contributed by atoms with Gasteiger partial charge in [0.1, 0.15) is 5.01 Å². The van der Waals surface area contributed by atoms with Crippen LogP contribution in [-0.2, 0) is 5.75 Å². The van der Waals surface area contributed by atoms with Crippen molar-refractivity contribution in [2.45, 2.75) is 17.0 Å². The van der Waals surface area contributed by atoms with Gasteiger partial charge in [-0.15, -0.1) is 21.5 Å². The Morgan fingerprint density at radius 1 is 1.08 bits per heavy atom. The fraction of sp³-hybridized carbons (Fsp3) is 0.111. The first kappa shape index (κ1) is 17.6. The predicted octanol–water partition coefficient (Wildman–Crippen LogP) is 6.23.